The molecule has 0 saturated carbocycles. The molecule has 1 fully saturated rings. The summed E-state index contributed by atoms with van der Waals surface area (Å²) < 4.78 is 0. The van der Waals surface area contributed by atoms with Crippen LogP contribution in [0.5, 0.6) is 5.75 Å². The Bertz CT molecular complexity index is 940. The number of piperidine rings is 1. The van der Waals surface area contributed by atoms with Gasteiger partial charge in [0.2, 0.25) is 0 Å². The van der Waals surface area contributed by atoms with E-state index in [2.05, 4.69) is 9.97 Å². The zero-order chi connectivity index (χ0) is 18.6. The SMILES string of the molecule is O=C(c1cnc2ccccc2n1)N1CCCC[C@H]1CCc1ccc(O)cc1. The Labute approximate surface area is 158 Å². The topological polar surface area (TPSA) is 66.3 Å². The zero-order valence-electron chi connectivity index (χ0n) is 15.2. The van der Waals surface area contributed by atoms with Crippen molar-refractivity contribution in [2.75, 3.05) is 6.54 Å². The summed E-state index contributed by atoms with van der Waals surface area (Å²) in [6.07, 6.45) is 6.59. The largest absolute Gasteiger partial charge is 0.508 e. The second-order valence-electron chi connectivity index (χ2n) is 7.10. The van der Waals surface area contributed by atoms with Crippen LogP contribution in [-0.2, 0) is 6.42 Å². The number of phenols is 1. The first kappa shape index (κ1) is 17.5. The van der Waals surface area contributed by atoms with Crippen LogP contribution in [0.25, 0.3) is 11.0 Å². The minimum atomic E-state index is -0.0244. The molecule has 0 radical (unpaired) electrons. The van der Waals surface area contributed by atoms with Crippen LogP contribution in [-0.4, -0.2) is 38.5 Å². The molecule has 27 heavy (non-hydrogen) atoms. The normalized spacial score (nSPS) is 17.2. The summed E-state index contributed by atoms with van der Waals surface area (Å²) in [5.74, 6) is 0.256. The molecule has 3 aromatic rings. The van der Waals surface area contributed by atoms with E-state index < -0.39 is 0 Å². The number of nitrogens with zero attached hydrogens (tertiary/aromatic N) is 3. The van der Waals surface area contributed by atoms with E-state index in [4.69, 9.17) is 0 Å². The summed E-state index contributed by atoms with van der Waals surface area (Å²) >= 11 is 0. The number of carbonyl (C=O) groups is 1. The molecule has 2 aromatic carbocycles. The van der Waals surface area contributed by atoms with Gasteiger partial charge in [0, 0.05) is 12.6 Å². The number of fused-ring (bicyclic) bond motifs is 1. The minimum absolute atomic E-state index is 0.0244. The van der Waals surface area contributed by atoms with E-state index in [-0.39, 0.29) is 17.7 Å². The van der Waals surface area contributed by atoms with Crippen molar-refractivity contribution in [2.24, 2.45) is 0 Å². The fourth-order valence-corrected chi connectivity index (χ4v) is 3.77. The molecule has 5 nitrogen and oxygen atoms in total. The lowest BCUT2D eigenvalue weighted by Gasteiger charge is -2.35. The number of aryl methyl sites for hydroxylation is 1. The van der Waals surface area contributed by atoms with Gasteiger partial charge in [-0.1, -0.05) is 24.3 Å². The van der Waals surface area contributed by atoms with Crippen LogP contribution in [0.2, 0.25) is 0 Å². The minimum Gasteiger partial charge on any atom is -0.508 e. The molecule has 4 rings (SSSR count). The quantitative estimate of drug-likeness (QED) is 0.764. The van der Waals surface area contributed by atoms with E-state index in [0.29, 0.717) is 5.69 Å². The lowest BCUT2D eigenvalue weighted by molar-refractivity contribution is 0.0596. The molecule has 0 bridgehead atoms. The molecular formula is C22H23N3O2. The van der Waals surface area contributed by atoms with Crippen LogP contribution in [0.4, 0.5) is 0 Å². The van der Waals surface area contributed by atoms with Crippen molar-refractivity contribution in [1.29, 1.82) is 0 Å². The van der Waals surface area contributed by atoms with Gasteiger partial charge in [-0.15, -0.1) is 0 Å². The number of amides is 1. The average Bonchev–Trinajstić information content (AvgIpc) is 2.73. The summed E-state index contributed by atoms with van der Waals surface area (Å²) in [7, 11) is 0. The highest BCUT2D eigenvalue weighted by atomic mass is 16.3. The van der Waals surface area contributed by atoms with Gasteiger partial charge >= 0.3 is 0 Å². The van der Waals surface area contributed by atoms with Crippen molar-refractivity contribution in [2.45, 2.75) is 38.1 Å². The molecule has 1 amide bonds. The maximum absolute atomic E-state index is 13.1. The molecule has 1 atom stereocenters. The molecule has 1 aliphatic rings. The number of likely N-dealkylation sites (tertiary alicyclic amines) is 1. The zero-order valence-corrected chi connectivity index (χ0v) is 15.2. The third-order valence-corrected chi connectivity index (χ3v) is 5.26. The van der Waals surface area contributed by atoms with Gasteiger partial charge in [0.1, 0.15) is 11.4 Å². The van der Waals surface area contributed by atoms with Crippen molar-refractivity contribution in [1.82, 2.24) is 14.9 Å². The second kappa shape index (κ2) is 7.74. The third kappa shape index (κ3) is 3.92. The van der Waals surface area contributed by atoms with Crippen molar-refractivity contribution >= 4 is 16.9 Å². The number of hydrogen-bond acceptors (Lipinski definition) is 4. The lowest BCUT2D eigenvalue weighted by Crippen LogP contribution is -2.44. The van der Waals surface area contributed by atoms with Gasteiger partial charge in [-0.05, 0) is 61.9 Å². The van der Waals surface area contributed by atoms with E-state index in [0.717, 1.165) is 49.7 Å². The highest BCUT2D eigenvalue weighted by Gasteiger charge is 2.28. The summed E-state index contributed by atoms with van der Waals surface area (Å²) in [6, 6.07) is 15.1. The number of para-hydroxylation sites is 2. The van der Waals surface area contributed by atoms with Gasteiger partial charge in [-0.2, -0.15) is 0 Å². The Kier molecular flexibility index (Phi) is 5.01. The molecule has 1 aromatic heterocycles. The molecule has 0 spiro atoms. The van der Waals surface area contributed by atoms with Crippen molar-refractivity contribution < 1.29 is 9.90 Å². The first-order valence-corrected chi connectivity index (χ1v) is 9.51. The standard InChI is InChI=1S/C22H23N3O2/c26-18-12-9-16(10-13-18)8-11-17-5-3-4-14-25(17)22(27)21-15-23-19-6-1-2-7-20(19)24-21/h1-2,6-7,9-10,12-13,15,17,26H,3-5,8,11,14H2/t17-/m0/s1. The first-order chi connectivity index (χ1) is 13.2. The van der Waals surface area contributed by atoms with Crippen molar-refractivity contribution in [3.63, 3.8) is 0 Å². The Morgan fingerprint density at radius 2 is 1.85 bits per heavy atom. The maximum atomic E-state index is 13.1. The number of carbonyl (C=O) groups excluding carboxylic acids is 1. The number of rotatable bonds is 4. The summed E-state index contributed by atoms with van der Waals surface area (Å²) in [4.78, 5) is 24.0. The monoisotopic (exact) mass is 361 g/mol. The highest BCUT2D eigenvalue weighted by Crippen LogP contribution is 2.24. The smallest absolute Gasteiger partial charge is 0.274 e. The Morgan fingerprint density at radius 3 is 2.67 bits per heavy atom. The summed E-state index contributed by atoms with van der Waals surface area (Å²) in [5, 5.41) is 9.42. The van der Waals surface area contributed by atoms with Crippen LogP contribution < -0.4 is 0 Å². The molecule has 1 N–H and O–H groups in total. The van der Waals surface area contributed by atoms with E-state index in [1.54, 1.807) is 18.3 Å². The Hall–Kier alpha value is -2.95. The number of benzene rings is 2. The van der Waals surface area contributed by atoms with Gasteiger partial charge in [0.05, 0.1) is 17.2 Å². The molecule has 2 heterocycles. The van der Waals surface area contributed by atoms with Crippen molar-refractivity contribution in [3.05, 3.63) is 66.0 Å². The highest BCUT2D eigenvalue weighted by molar-refractivity contribution is 5.94. The molecule has 1 aliphatic heterocycles. The summed E-state index contributed by atoms with van der Waals surface area (Å²) in [6.45, 7) is 0.771. The molecule has 5 heteroatoms. The van der Waals surface area contributed by atoms with Crippen LogP contribution >= 0.6 is 0 Å². The number of aromatic nitrogens is 2. The average molecular weight is 361 g/mol. The van der Waals surface area contributed by atoms with Gasteiger partial charge in [-0.3, -0.25) is 9.78 Å². The predicted octanol–water partition coefficient (Wildman–Crippen LogP) is 3.96. The van der Waals surface area contributed by atoms with Crippen LogP contribution in [0.1, 0.15) is 41.7 Å². The fourth-order valence-electron chi connectivity index (χ4n) is 3.77. The second-order valence-corrected chi connectivity index (χ2v) is 7.10. The molecule has 138 valence electrons. The van der Waals surface area contributed by atoms with Crippen LogP contribution in [0.15, 0.2) is 54.7 Å². The van der Waals surface area contributed by atoms with Gasteiger partial charge in [-0.25, -0.2) is 4.98 Å². The number of phenolic OH excluding ortho intramolecular Hbond substituents is 1. The Morgan fingerprint density at radius 1 is 1.07 bits per heavy atom. The summed E-state index contributed by atoms with van der Waals surface area (Å²) in [5.41, 5.74) is 3.15. The van der Waals surface area contributed by atoms with Crippen LogP contribution in [0.3, 0.4) is 0 Å². The van der Waals surface area contributed by atoms with E-state index in [1.807, 2.05) is 41.3 Å². The molecule has 0 unspecified atom stereocenters. The van der Waals surface area contributed by atoms with Crippen molar-refractivity contribution in [3.8, 4) is 5.75 Å². The Balaban J connectivity index is 1.50. The van der Waals surface area contributed by atoms with Gasteiger partial charge < -0.3 is 10.0 Å². The third-order valence-electron chi connectivity index (χ3n) is 5.26. The van der Waals surface area contributed by atoms with E-state index in [9.17, 15) is 9.90 Å². The maximum Gasteiger partial charge on any atom is 0.274 e. The lowest BCUT2D eigenvalue weighted by atomic mass is 9.95. The predicted molar refractivity (Wildman–Crippen MR) is 105 cm³/mol. The molecule has 0 aliphatic carbocycles. The van der Waals surface area contributed by atoms with Gasteiger partial charge in [0.25, 0.3) is 5.91 Å². The van der Waals surface area contributed by atoms with E-state index in [1.165, 1.54) is 5.56 Å². The molecular weight excluding hydrogens is 338 g/mol. The fraction of sp³-hybridized carbons (Fsp3) is 0.318. The van der Waals surface area contributed by atoms with Crippen LogP contribution in [0, 0.1) is 0 Å². The number of hydrogen-bond donors (Lipinski definition) is 1. The molecule has 1 saturated heterocycles. The van der Waals surface area contributed by atoms with Gasteiger partial charge in [0.15, 0.2) is 0 Å². The first-order valence-electron chi connectivity index (χ1n) is 9.51. The van der Waals surface area contributed by atoms with E-state index >= 15 is 0 Å². The number of aromatic hydroxyl groups is 1.